The van der Waals surface area contributed by atoms with Crippen molar-refractivity contribution in [2.75, 3.05) is 25.1 Å². The van der Waals surface area contributed by atoms with E-state index in [0.29, 0.717) is 24.4 Å². The lowest BCUT2D eigenvalue weighted by Gasteiger charge is -2.34. The maximum atomic E-state index is 13.4. The van der Waals surface area contributed by atoms with Gasteiger partial charge in [-0.05, 0) is 56.0 Å². The van der Waals surface area contributed by atoms with Crippen molar-refractivity contribution in [1.82, 2.24) is 4.31 Å². The number of para-hydroxylation sites is 1. The second kappa shape index (κ2) is 8.21. The van der Waals surface area contributed by atoms with Crippen molar-refractivity contribution in [1.29, 1.82) is 0 Å². The molecule has 0 aromatic heterocycles. The number of piperidine rings is 1. The Labute approximate surface area is 182 Å². The Kier molecular flexibility index (Phi) is 5.79. The highest BCUT2D eigenvalue weighted by molar-refractivity contribution is 7.89. The number of rotatable bonds is 4. The molecule has 1 saturated heterocycles. The highest BCUT2D eigenvalue weighted by atomic mass is 35.5. The van der Waals surface area contributed by atoms with Gasteiger partial charge in [0.2, 0.25) is 15.9 Å². The Morgan fingerprint density at radius 2 is 1.97 bits per heavy atom. The first kappa shape index (κ1) is 21.2. The number of carbonyl (C=O) groups excluding carboxylic acids is 1. The van der Waals surface area contributed by atoms with Gasteiger partial charge in [-0.3, -0.25) is 4.79 Å². The van der Waals surface area contributed by atoms with E-state index >= 15 is 0 Å². The molecule has 0 aliphatic carbocycles. The molecule has 1 amide bonds. The summed E-state index contributed by atoms with van der Waals surface area (Å²) in [4.78, 5) is 15.3. The molecule has 2 unspecified atom stereocenters. The highest BCUT2D eigenvalue weighted by Gasteiger charge is 2.39. The highest BCUT2D eigenvalue weighted by Crippen LogP contribution is 2.36. The van der Waals surface area contributed by atoms with Crippen LogP contribution in [-0.2, 0) is 21.2 Å². The lowest BCUT2D eigenvalue weighted by Crippen LogP contribution is -2.48. The summed E-state index contributed by atoms with van der Waals surface area (Å²) >= 11 is 6.05. The van der Waals surface area contributed by atoms with Crippen LogP contribution in [0.4, 0.5) is 5.69 Å². The number of ether oxygens (including phenoxy) is 1. The molecule has 2 aromatic rings. The molecule has 0 spiro atoms. The van der Waals surface area contributed by atoms with Gasteiger partial charge in [0.1, 0.15) is 10.6 Å². The first-order valence-electron chi connectivity index (χ1n) is 10.1. The Morgan fingerprint density at radius 1 is 1.20 bits per heavy atom. The van der Waals surface area contributed by atoms with E-state index in [0.717, 1.165) is 17.7 Å². The third-order valence-corrected chi connectivity index (χ3v) is 8.04. The van der Waals surface area contributed by atoms with Crippen molar-refractivity contribution >= 4 is 33.2 Å². The predicted octanol–water partition coefficient (Wildman–Crippen LogP) is 3.73. The number of nitrogens with zero attached hydrogens (tertiary/aromatic N) is 2. The average molecular weight is 449 g/mol. The molecule has 0 N–H and O–H groups in total. The first-order valence-corrected chi connectivity index (χ1v) is 11.9. The molecule has 8 heteroatoms. The standard InChI is InChI=1S/C22H25ClN2O4S/c1-15-12-16-6-3-4-8-19(16)25(15)22(26)17-7-5-11-24(14-17)30(27,28)21-13-18(23)9-10-20(21)29-2/h3-4,6,8-10,13,15,17H,5,7,11-12,14H2,1-2H3. The summed E-state index contributed by atoms with van der Waals surface area (Å²) in [6.45, 7) is 2.56. The van der Waals surface area contributed by atoms with E-state index in [1.807, 2.05) is 36.1 Å². The molecule has 2 aromatic carbocycles. The number of hydrogen-bond acceptors (Lipinski definition) is 4. The summed E-state index contributed by atoms with van der Waals surface area (Å²) in [7, 11) is -2.41. The van der Waals surface area contributed by atoms with Gasteiger partial charge in [0, 0.05) is 29.8 Å². The summed E-state index contributed by atoms with van der Waals surface area (Å²) in [5.41, 5.74) is 2.09. The number of amides is 1. The van der Waals surface area contributed by atoms with Gasteiger partial charge in [-0.15, -0.1) is 0 Å². The topological polar surface area (TPSA) is 66.9 Å². The second-order valence-electron chi connectivity index (χ2n) is 7.89. The van der Waals surface area contributed by atoms with E-state index in [2.05, 4.69) is 0 Å². The Morgan fingerprint density at radius 3 is 2.73 bits per heavy atom. The van der Waals surface area contributed by atoms with Crippen LogP contribution in [0.3, 0.4) is 0 Å². The number of benzene rings is 2. The molecule has 6 nitrogen and oxygen atoms in total. The van der Waals surface area contributed by atoms with Crippen LogP contribution in [0.1, 0.15) is 25.3 Å². The SMILES string of the molecule is COc1ccc(Cl)cc1S(=O)(=O)N1CCCC(C(=O)N2c3ccccc3CC2C)C1. The Balaban J connectivity index is 1.60. The number of sulfonamides is 1. The Bertz CT molecular complexity index is 1070. The van der Waals surface area contributed by atoms with Crippen LogP contribution in [0.2, 0.25) is 5.02 Å². The van der Waals surface area contributed by atoms with Crippen LogP contribution in [0, 0.1) is 5.92 Å². The van der Waals surface area contributed by atoms with Crippen LogP contribution in [0.5, 0.6) is 5.75 Å². The van der Waals surface area contributed by atoms with Gasteiger partial charge in [-0.25, -0.2) is 8.42 Å². The fraction of sp³-hybridized carbons (Fsp3) is 0.409. The van der Waals surface area contributed by atoms with Gasteiger partial charge in [0.25, 0.3) is 0 Å². The van der Waals surface area contributed by atoms with Crippen molar-refractivity contribution in [2.24, 2.45) is 5.92 Å². The number of fused-ring (bicyclic) bond motifs is 1. The fourth-order valence-electron chi connectivity index (χ4n) is 4.45. The van der Waals surface area contributed by atoms with Crippen LogP contribution < -0.4 is 9.64 Å². The molecule has 30 heavy (non-hydrogen) atoms. The zero-order valence-corrected chi connectivity index (χ0v) is 18.6. The number of halogens is 1. The molecule has 2 aliphatic rings. The molecule has 0 bridgehead atoms. The molecular formula is C22H25ClN2O4S. The van der Waals surface area contributed by atoms with Crippen LogP contribution in [0.15, 0.2) is 47.4 Å². The third kappa shape index (κ3) is 3.70. The minimum Gasteiger partial charge on any atom is -0.495 e. The van der Waals surface area contributed by atoms with E-state index in [4.69, 9.17) is 16.3 Å². The van der Waals surface area contributed by atoms with Gasteiger partial charge in [-0.1, -0.05) is 29.8 Å². The summed E-state index contributed by atoms with van der Waals surface area (Å²) in [5.74, 6) is -0.146. The van der Waals surface area contributed by atoms with Gasteiger partial charge >= 0.3 is 0 Å². The Hall–Kier alpha value is -2.09. The van der Waals surface area contributed by atoms with Gasteiger partial charge in [0.05, 0.1) is 13.0 Å². The predicted molar refractivity (Wildman–Crippen MR) is 117 cm³/mol. The van der Waals surface area contributed by atoms with Gasteiger partial charge in [-0.2, -0.15) is 4.31 Å². The summed E-state index contributed by atoms with van der Waals surface area (Å²) in [5, 5.41) is 0.321. The first-order chi connectivity index (χ1) is 14.3. The van der Waals surface area contributed by atoms with Gasteiger partial charge < -0.3 is 9.64 Å². The number of carbonyl (C=O) groups is 1. The minimum absolute atomic E-state index is 0.00888. The van der Waals surface area contributed by atoms with E-state index in [-0.39, 0.29) is 35.1 Å². The van der Waals surface area contributed by atoms with Crippen LogP contribution in [-0.4, -0.2) is 44.9 Å². The van der Waals surface area contributed by atoms with Crippen molar-refractivity contribution in [3.63, 3.8) is 0 Å². The molecule has 4 rings (SSSR count). The number of methoxy groups -OCH3 is 1. The summed E-state index contributed by atoms with van der Waals surface area (Å²) in [6, 6.07) is 12.5. The van der Waals surface area contributed by atoms with E-state index in [9.17, 15) is 13.2 Å². The molecule has 2 aliphatic heterocycles. The van der Waals surface area contributed by atoms with E-state index in [1.165, 1.54) is 17.5 Å². The van der Waals surface area contributed by atoms with E-state index in [1.54, 1.807) is 12.1 Å². The maximum absolute atomic E-state index is 13.4. The fourth-order valence-corrected chi connectivity index (χ4v) is 6.39. The molecular weight excluding hydrogens is 424 g/mol. The molecule has 2 atom stereocenters. The van der Waals surface area contributed by atoms with Gasteiger partial charge in [0.15, 0.2) is 0 Å². The second-order valence-corrected chi connectivity index (χ2v) is 10.2. The largest absolute Gasteiger partial charge is 0.495 e. The minimum atomic E-state index is -3.84. The molecule has 1 fully saturated rings. The zero-order valence-electron chi connectivity index (χ0n) is 17.0. The third-order valence-electron chi connectivity index (χ3n) is 5.92. The smallest absolute Gasteiger partial charge is 0.246 e. The summed E-state index contributed by atoms with van der Waals surface area (Å²) in [6.07, 6.45) is 2.11. The van der Waals surface area contributed by atoms with E-state index < -0.39 is 10.0 Å². The number of anilines is 1. The number of hydrogen-bond donors (Lipinski definition) is 0. The van der Waals surface area contributed by atoms with Crippen molar-refractivity contribution in [2.45, 2.75) is 37.1 Å². The zero-order chi connectivity index (χ0) is 21.5. The molecule has 160 valence electrons. The lowest BCUT2D eigenvalue weighted by molar-refractivity contribution is -0.123. The van der Waals surface area contributed by atoms with Crippen LogP contribution in [0.25, 0.3) is 0 Å². The van der Waals surface area contributed by atoms with Crippen LogP contribution >= 0.6 is 11.6 Å². The quantitative estimate of drug-likeness (QED) is 0.714. The molecule has 0 saturated carbocycles. The van der Waals surface area contributed by atoms with Crippen molar-refractivity contribution < 1.29 is 17.9 Å². The average Bonchev–Trinajstić information content (AvgIpc) is 3.09. The molecule has 0 radical (unpaired) electrons. The monoisotopic (exact) mass is 448 g/mol. The normalized spacial score (nSPS) is 22.0. The summed E-state index contributed by atoms with van der Waals surface area (Å²) < 4.78 is 33.3. The lowest BCUT2D eigenvalue weighted by atomic mass is 9.97. The molecule has 2 heterocycles. The maximum Gasteiger partial charge on any atom is 0.246 e. The van der Waals surface area contributed by atoms with Crippen molar-refractivity contribution in [3.8, 4) is 5.75 Å². The van der Waals surface area contributed by atoms with Crippen molar-refractivity contribution in [3.05, 3.63) is 53.1 Å².